The number of phenolic OH excluding ortho intramolecular Hbond substituents is 2. The molecule has 6 aromatic carbocycles. The van der Waals surface area contributed by atoms with Crippen molar-refractivity contribution in [2.75, 3.05) is 20.1 Å². The smallest absolute Gasteiger partial charge is 0.337 e. The normalized spacial score (nSPS) is 11.6. The standard InChI is InChI=1S/C35H24Cl2N4O11S2/c36-31-25(33(44)45)3-1-5-27(31)40-53(49,50)21-13-17-11-19(7-9-23(17)29(42)15-21)38-35(48)39-20-8-10-24-18(12-20)14-22(16-30(24)43)54(51,52)41-28-6-2-4-26(32(28)37)34(46)47/h1-16,40-43H,(H,44,45)(H,46,47)(H2,38,39,48). The SMILES string of the molecule is O=C(Nc1ccc2c(O)cc(S(=O)(=O)Nc3cccc(C(=O)O)c3Cl)cc2c1)Nc1ccc2c(O)cc(S(=O)(=O)Nc3cccc(C(=O)O)c3Cl)cc2c1. The number of urea groups is 1. The van der Waals surface area contributed by atoms with E-state index in [1.54, 1.807) is 0 Å². The summed E-state index contributed by atoms with van der Waals surface area (Å²) in [6, 6.07) is 19.8. The van der Waals surface area contributed by atoms with Crippen LogP contribution in [0.4, 0.5) is 27.5 Å². The number of sulfonamides is 2. The van der Waals surface area contributed by atoms with Crippen LogP contribution in [0.15, 0.2) is 107 Å². The maximum atomic E-state index is 13.2. The van der Waals surface area contributed by atoms with Gasteiger partial charge in [-0.15, -0.1) is 0 Å². The van der Waals surface area contributed by atoms with Crippen molar-refractivity contribution in [3.8, 4) is 11.5 Å². The highest BCUT2D eigenvalue weighted by molar-refractivity contribution is 7.93. The van der Waals surface area contributed by atoms with Crippen LogP contribution in [0.3, 0.4) is 0 Å². The third kappa shape index (κ3) is 7.60. The summed E-state index contributed by atoms with van der Waals surface area (Å²) >= 11 is 12.2. The van der Waals surface area contributed by atoms with Crippen LogP contribution in [0.2, 0.25) is 10.0 Å². The van der Waals surface area contributed by atoms with E-state index in [1.165, 1.54) is 84.9 Å². The first-order chi connectivity index (χ1) is 25.4. The average molecular weight is 812 g/mol. The van der Waals surface area contributed by atoms with Gasteiger partial charge in [0.1, 0.15) is 11.5 Å². The Morgan fingerprint density at radius 1 is 0.537 bits per heavy atom. The lowest BCUT2D eigenvalue weighted by Gasteiger charge is -2.14. The van der Waals surface area contributed by atoms with Crippen LogP contribution in [0.5, 0.6) is 11.5 Å². The van der Waals surface area contributed by atoms with Crippen molar-refractivity contribution in [3.05, 3.63) is 118 Å². The summed E-state index contributed by atoms with van der Waals surface area (Å²) in [7, 11) is -8.80. The van der Waals surface area contributed by atoms with Crippen molar-refractivity contribution in [1.29, 1.82) is 0 Å². The van der Waals surface area contributed by atoms with Crippen LogP contribution in [-0.2, 0) is 20.0 Å². The van der Waals surface area contributed by atoms with Gasteiger partial charge in [0.2, 0.25) is 0 Å². The lowest BCUT2D eigenvalue weighted by molar-refractivity contribution is 0.0686. The van der Waals surface area contributed by atoms with Gasteiger partial charge in [-0.1, -0.05) is 35.3 Å². The van der Waals surface area contributed by atoms with E-state index in [1.807, 2.05) is 0 Å². The summed E-state index contributed by atoms with van der Waals surface area (Å²) in [6.07, 6.45) is 0. The Morgan fingerprint density at radius 3 is 1.30 bits per heavy atom. The van der Waals surface area contributed by atoms with Gasteiger partial charge in [0.05, 0.1) is 42.3 Å². The molecule has 0 radical (unpaired) electrons. The number of hydrogen-bond donors (Lipinski definition) is 8. The fraction of sp³-hybridized carbons (Fsp3) is 0. The largest absolute Gasteiger partial charge is 0.507 e. The van der Waals surface area contributed by atoms with E-state index >= 15 is 0 Å². The number of carbonyl (C=O) groups excluding carboxylic acids is 1. The number of hydrogen-bond acceptors (Lipinski definition) is 9. The molecule has 0 aliphatic carbocycles. The van der Waals surface area contributed by atoms with Gasteiger partial charge < -0.3 is 31.1 Å². The monoisotopic (exact) mass is 810 g/mol. The molecule has 0 spiro atoms. The summed E-state index contributed by atoms with van der Waals surface area (Å²) in [5.74, 6) is -3.53. The van der Waals surface area contributed by atoms with Crippen molar-refractivity contribution in [2.45, 2.75) is 9.79 Å². The predicted octanol–water partition coefficient (Wildman–Crippen LogP) is 7.35. The van der Waals surface area contributed by atoms with Gasteiger partial charge in [-0.3, -0.25) is 9.44 Å². The van der Waals surface area contributed by atoms with Gasteiger partial charge >= 0.3 is 18.0 Å². The molecule has 15 nitrogen and oxygen atoms in total. The average Bonchev–Trinajstić information content (AvgIpc) is 3.09. The molecular formula is C35H24Cl2N4O11S2. The molecule has 2 amide bonds. The first-order valence-corrected chi connectivity index (χ1v) is 18.9. The van der Waals surface area contributed by atoms with Gasteiger partial charge in [0, 0.05) is 34.3 Å². The van der Waals surface area contributed by atoms with Crippen molar-refractivity contribution in [3.63, 3.8) is 0 Å². The number of anilines is 4. The maximum Gasteiger partial charge on any atom is 0.337 e. The number of rotatable bonds is 10. The Balaban J connectivity index is 1.22. The second-order valence-electron chi connectivity index (χ2n) is 11.5. The third-order valence-corrected chi connectivity index (χ3v) is 11.4. The van der Waals surface area contributed by atoms with E-state index in [4.69, 9.17) is 23.2 Å². The Labute approximate surface area is 315 Å². The number of halogens is 2. The number of benzene rings is 6. The predicted molar refractivity (Wildman–Crippen MR) is 202 cm³/mol. The van der Waals surface area contributed by atoms with Crippen LogP contribution in [0, 0.1) is 0 Å². The Kier molecular flexibility index (Phi) is 9.91. The highest BCUT2D eigenvalue weighted by atomic mass is 35.5. The van der Waals surface area contributed by atoms with Crippen LogP contribution in [0.1, 0.15) is 20.7 Å². The fourth-order valence-electron chi connectivity index (χ4n) is 5.36. The molecular weight excluding hydrogens is 787 g/mol. The highest BCUT2D eigenvalue weighted by Gasteiger charge is 2.23. The molecule has 0 fully saturated rings. The number of phenols is 2. The van der Waals surface area contributed by atoms with Crippen LogP contribution < -0.4 is 20.1 Å². The van der Waals surface area contributed by atoms with Crippen molar-refractivity contribution in [2.24, 2.45) is 0 Å². The molecule has 0 atom stereocenters. The lowest BCUT2D eigenvalue weighted by Crippen LogP contribution is -2.19. The van der Waals surface area contributed by atoms with Crippen LogP contribution in [0.25, 0.3) is 21.5 Å². The van der Waals surface area contributed by atoms with E-state index in [2.05, 4.69) is 20.1 Å². The molecule has 6 rings (SSSR count). The number of carboxylic acids is 2. The van der Waals surface area contributed by atoms with E-state index in [0.717, 1.165) is 12.1 Å². The number of aromatic carboxylic acids is 2. The Hall–Kier alpha value is -6.27. The van der Waals surface area contributed by atoms with Gasteiger partial charge in [-0.05, 0) is 83.6 Å². The number of amides is 2. The Morgan fingerprint density at radius 2 is 0.926 bits per heavy atom. The minimum Gasteiger partial charge on any atom is -0.507 e. The molecule has 276 valence electrons. The molecule has 0 saturated heterocycles. The summed E-state index contributed by atoms with van der Waals surface area (Å²) in [5.41, 5.74) is -0.685. The van der Waals surface area contributed by atoms with Gasteiger partial charge in [-0.25, -0.2) is 31.2 Å². The maximum absolute atomic E-state index is 13.2. The molecule has 19 heteroatoms. The third-order valence-electron chi connectivity index (χ3n) is 7.89. The summed E-state index contributed by atoms with van der Waals surface area (Å²) in [6.45, 7) is 0. The summed E-state index contributed by atoms with van der Waals surface area (Å²) < 4.78 is 57.4. The number of nitrogens with one attached hydrogen (secondary N) is 4. The molecule has 0 aromatic heterocycles. The minimum atomic E-state index is -4.40. The van der Waals surface area contributed by atoms with Crippen LogP contribution >= 0.6 is 23.2 Å². The zero-order valence-corrected chi connectivity index (χ0v) is 30.1. The lowest BCUT2D eigenvalue weighted by atomic mass is 10.1. The minimum absolute atomic E-state index is 0.183. The molecule has 0 bridgehead atoms. The van der Waals surface area contributed by atoms with Gasteiger partial charge in [0.25, 0.3) is 20.0 Å². The highest BCUT2D eigenvalue weighted by Crippen LogP contribution is 2.35. The zero-order chi connectivity index (χ0) is 39.1. The quantitative estimate of drug-likeness (QED) is 0.0679. The number of carboxylic acid groups (broad SMARTS) is 2. The van der Waals surface area contributed by atoms with Gasteiger partial charge in [-0.2, -0.15) is 0 Å². The van der Waals surface area contributed by atoms with E-state index in [9.17, 15) is 51.6 Å². The number of fused-ring (bicyclic) bond motifs is 2. The fourth-order valence-corrected chi connectivity index (χ4v) is 8.24. The summed E-state index contributed by atoms with van der Waals surface area (Å²) in [4.78, 5) is 35.1. The molecule has 0 aliphatic rings. The van der Waals surface area contributed by atoms with Crippen molar-refractivity contribution in [1.82, 2.24) is 0 Å². The van der Waals surface area contributed by atoms with E-state index in [0.29, 0.717) is 0 Å². The number of carbonyl (C=O) groups is 3. The van der Waals surface area contributed by atoms with Crippen LogP contribution in [-0.4, -0.2) is 55.2 Å². The zero-order valence-electron chi connectivity index (χ0n) is 27.0. The summed E-state index contributed by atoms with van der Waals surface area (Å²) in [5, 5.41) is 45.3. The first-order valence-electron chi connectivity index (χ1n) is 15.1. The van der Waals surface area contributed by atoms with E-state index in [-0.39, 0.29) is 65.5 Å². The van der Waals surface area contributed by atoms with Crippen molar-refractivity contribution < 1.29 is 51.6 Å². The molecule has 0 aliphatic heterocycles. The Bertz CT molecular complexity index is 2610. The molecule has 0 saturated carbocycles. The second-order valence-corrected chi connectivity index (χ2v) is 15.6. The molecule has 54 heavy (non-hydrogen) atoms. The van der Waals surface area contributed by atoms with E-state index < -0.39 is 59.3 Å². The topological polar surface area (TPSA) is 249 Å². The second kappa shape index (κ2) is 14.3. The molecule has 8 N–H and O–H groups in total. The van der Waals surface area contributed by atoms with Gasteiger partial charge in [0.15, 0.2) is 0 Å². The molecule has 0 unspecified atom stereocenters. The van der Waals surface area contributed by atoms with Crippen molar-refractivity contribution >= 4 is 106 Å². The number of aromatic hydroxyl groups is 2. The molecule has 6 aromatic rings. The first kappa shape index (κ1) is 37.5. The molecule has 0 heterocycles.